The fraction of sp³-hybridized carbons (Fsp3) is 0.731. The highest BCUT2D eigenvalue weighted by atomic mass is 19.1. The number of methoxy groups -OCH3 is 1. The molecule has 188 valence electrons. The Hall–Kier alpha value is -1.70. The average Bonchev–Trinajstić information content (AvgIpc) is 2.75. The number of likely N-dealkylation sites (N-methyl/N-ethyl adjacent to an activating group) is 1. The van der Waals surface area contributed by atoms with Crippen molar-refractivity contribution < 1.29 is 19.0 Å². The van der Waals surface area contributed by atoms with E-state index in [9.17, 15) is 14.3 Å². The monoisotopic (exact) mass is 465 g/mol. The molecule has 0 aromatic heterocycles. The van der Waals surface area contributed by atoms with Gasteiger partial charge >= 0.3 is 6.03 Å². The molecule has 0 bridgehead atoms. The summed E-state index contributed by atoms with van der Waals surface area (Å²) in [6, 6.07) is 6.20. The van der Waals surface area contributed by atoms with Crippen LogP contribution in [0.25, 0.3) is 0 Å². The second kappa shape index (κ2) is 12.7. The molecule has 2 rings (SSSR count). The predicted molar refractivity (Wildman–Crippen MR) is 131 cm³/mol. The Morgan fingerprint density at radius 2 is 2.09 bits per heavy atom. The molecule has 33 heavy (non-hydrogen) atoms. The standard InChI is InChI=1S/C26H44FN3O3/c1-25(2,3)17-23(18-28-4)29-24(31)30-14-9-11-21(19-30)26(32,13-6-7-15-33-5)20-10-8-12-22(27)16-20/h8,10,12,16,21,23,28,32H,6-7,9,11,13-15,17-19H2,1-5H3,(H,29,31)/t21-,23+,26-/m1/s1. The Morgan fingerprint density at radius 3 is 2.73 bits per heavy atom. The zero-order valence-electron chi connectivity index (χ0n) is 21.1. The van der Waals surface area contributed by atoms with Crippen molar-refractivity contribution in [1.82, 2.24) is 15.5 Å². The van der Waals surface area contributed by atoms with Crippen LogP contribution >= 0.6 is 0 Å². The number of hydrogen-bond donors (Lipinski definition) is 3. The van der Waals surface area contributed by atoms with E-state index in [1.807, 2.05) is 11.9 Å². The summed E-state index contributed by atoms with van der Waals surface area (Å²) in [6.07, 6.45) is 4.56. The molecule has 1 heterocycles. The molecule has 1 aliphatic rings. The van der Waals surface area contributed by atoms with Gasteiger partial charge in [-0.3, -0.25) is 0 Å². The van der Waals surface area contributed by atoms with E-state index in [1.54, 1.807) is 19.2 Å². The van der Waals surface area contributed by atoms with E-state index in [0.717, 1.165) is 32.1 Å². The van der Waals surface area contributed by atoms with Crippen LogP contribution in [0.5, 0.6) is 0 Å². The third-order valence-electron chi connectivity index (χ3n) is 6.50. The Bertz CT molecular complexity index is 740. The van der Waals surface area contributed by atoms with Gasteiger partial charge in [0.05, 0.1) is 5.60 Å². The highest BCUT2D eigenvalue weighted by Gasteiger charge is 2.41. The van der Waals surface area contributed by atoms with Crippen LogP contribution in [0.3, 0.4) is 0 Å². The molecule has 1 saturated heterocycles. The van der Waals surface area contributed by atoms with E-state index < -0.39 is 5.60 Å². The number of likely N-dealkylation sites (tertiary alicyclic amines) is 1. The molecule has 0 radical (unpaired) electrons. The summed E-state index contributed by atoms with van der Waals surface area (Å²) in [6.45, 7) is 8.94. The minimum absolute atomic E-state index is 0.0269. The minimum Gasteiger partial charge on any atom is -0.385 e. The number of hydrogen-bond acceptors (Lipinski definition) is 4. The van der Waals surface area contributed by atoms with E-state index in [2.05, 4.69) is 31.4 Å². The van der Waals surface area contributed by atoms with Crippen LogP contribution in [0.15, 0.2) is 24.3 Å². The second-order valence-electron chi connectivity index (χ2n) is 10.6. The van der Waals surface area contributed by atoms with Crippen LogP contribution in [-0.4, -0.2) is 62.5 Å². The Morgan fingerprint density at radius 1 is 1.33 bits per heavy atom. The minimum atomic E-state index is -1.19. The van der Waals surface area contributed by atoms with Crippen molar-refractivity contribution in [2.45, 2.75) is 70.9 Å². The lowest BCUT2D eigenvalue weighted by atomic mass is 9.74. The molecule has 3 N–H and O–H groups in total. The quantitative estimate of drug-likeness (QED) is 0.427. The maximum atomic E-state index is 14.1. The first-order valence-corrected chi connectivity index (χ1v) is 12.3. The van der Waals surface area contributed by atoms with Gasteiger partial charge in [0, 0.05) is 45.3 Å². The number of carbonyl (C=O) groups excluding carboxylic acids is 1. The van der Waals surface area contributed by atoms with Gasteiger partial charge in [0.15, 0.2) is 0 Å². The molecule has 0 saturated carbocycles. The number of amides is 2. The van der Waals surface area contributed by atoms with Crippen LogP contribution in [-0.2, 0) is 10.3 Å². The summed E-state index contributed by atoms with van der Waals surface area (Å²) in [4.78, 5) is 15.0. The number of halogens is 1. The van der Waals surface area contributed by atoms with E-state index in [0.29, 0.717) is 38.2 Å². The van der Waals surface area contributed by atoms with Crippen molar-refractivity contribution in [3.05, 3.63) is 35.6 Å². The molecule has 1 aliphatic heterocycles. The summed E-state index contributed by atoms with van der Waals surface area (Å²) >= 11 is 0. The average molecular weight is 466 g/mol. The fourth-order valence-corrected chi connectivity index (χ4v) is 4.96. The first-order valence-electron chi connectivity index (χ1n) is 12.3. The fourth-order valence-electron chi connectivity index (χ4n) is 4.96. The van der Waals surface area contributed by atoms with E-state index >= 15 is 0 Å². The van der Waals surface area contributed by atoms with Gasteiger partial charge in [-0.05, 0) is 68.7 Å². The SMILES string of the molecule is CNC[C@H](CC(C)(C)C)NC(=O)N1CCC[C@@H]([C@@](O)(CCCCOC)c2cccc(F)c2)C1. The van der Waals surface area contributed by atoms with Crippen molar-refractivity contribution in [3.63, 3.8) is 0 Å². The van der Waals surface area contributed by atoms with Crippen molar-refractivity contribution in [2.75, 3.05) is 40.4 Å². The smallest absolute Gasteiger partial charge is 0.317 e. The summed E-state index contributed by atoms with van der Waals surface area (Å²) in [5.74, 6) is -0.517. The Kier molecular flexibility index (Phi) is 10.6. The zero-order valence-corrected chi connectivity index (χ0v) is 21.1. The Balaban J connectivity index is 2.16. The highest BCUT2D eigenvalue weighted by molar-refractivity contribution is 5.74. The lowest BCUT2D eigenvalue weighted by Crippen LogP contribution is -2.54. The number of rotatable bonds is 11. The number of unbranched alkanes of at least 4 members (excludes halogenated alkanes) is 1. The molecule has 6 nitrogen and oxygen atoms in total. The Labute approximate surface area is 199 Å². The second-order valence-corrected chi connectivity index (χ2v) is 10.6. The van der Waals surface area contributed by atoms with Gasteiger partial charge in [-0.25, -0.2) is 9.18 Å². The van der Waals surface area contributed by atoms with Gasteiger partial charge in [0.25, 0.3) is 0 Å². The van der Waals surface area contributed by atoms with E-state index in [4.69, 9.17) is 4.74 Å². The topological polar surface area (TPSA) is 73.8 Å². The lowest BCUT2D eigenvalue weighted by molar-refractivity contribution is -0.0566. The molecule has 1 aromatic carbocycles. The predicted octanol–water partition coefficient (Wildman–Crippen LogP) is 4.28. The van der Waals surface area contributed by atoms with Gasteiger partial charge in [0.1, 0.15) is 5.82 Å². The van der Waals surface area contributed by atoms with Gasteiger partial charge in [-0.1, -0.05) is 32.9 Å². The third-order valence-corrected chi connectivity index (χ3v) is 6.50. The molecule has 3 atom stereocenters. The number of nitrogens with zero attached hydrogens (tertiary/aromatic N) is 1. The summed E-state index contributed by atoms with van der Waals surface area (Å²) in [5, 5.41) is 18.2. The van der Waals surface area contributed by atoms with Crippen LogP contribution in [0.4, 0.5) is 9.18 Å². The number of piperidine rings is 1. The van der Waals surface area contributed by atoms with Crippen molar-refractivity contribution >= 4 is 6.03 Å². The molecule has 0 unspecified atom stereocenters. The van der Waals surface area contributed by atoms with Gasteiger partial charge in [-0.2, -0.15) is 0 Å². The first-order chi connectivity index (χ1) is 15.6. The number of benzene rings is 1. The lowest BCUT2D eigenvalue weighted by Gasteiger charge is -2.43. The maximum absolute atomic E-state index is 14.1. The van der Waals surface area contributed by atoms with Crippen molar-refractivity contribution in [1.29, 1.82) is 0 Å². The largest absolute Gasteiger partial charge is 0.385 e. The van der Waals surface area contributed by atoms with E-state index in [1.165, 1.54) is 12.1 Å². The number of aliphatic hydroxyl groups is 1. The number of nitrogens with one attached hydrogen (secondary N) is 2. The molecule has 0 aliphatic carbocycles. The highest BCUT2D eigenvalue weighted by Crippen LogP contribution is 2.40. The maximum Gasteiger partial charge on any atom is 0.317 e. The number of ether oxygens (including phenoxy) is 1. The van der Waals surface area contributed by atoms with Crippen molar-refractivity contribution in [3.8, 4) is 0 Å². The number of carbonyl (C=O) groups is 1. The molecule has 1 aromatic rings. The third kappa shape index (κ3) is 8.54. The van der Waals surface area contributed by atoms with Gasteiger partial charge < -0.3 is 25.4 Å². The summed E-state index contributed by atoms with van der Waals surface area (Å²) in [7, 11) is 3.55. The first kappa shape index (κ1) is 27.5. The molecular formula is C26H44FN3O3. The molecule has 7 heteroatoms. The molecular weight excluding hydrogens is 421 g/mol. The van der Waals surface area contributed by atoms with Crippen LogP contribution in [0.1, 0.15) is 64.9 Å². The molecule has 0 spiro atoms. The van der Waals surface area contributed by atoms with Crippen LogP contribution in [0, 0.1) is 17.2 Å². The summed E-state index contributed by atoms with van der Waals surface area (Å²) < 4.78 is 19.2. The van der Waals surface area contributed by atoms with E-state index in [-0.39, 0.29) is 29.2 Å². The normalized spacial score (nSPS) is 19.7. The number of urea groups is 1. The van der Waals surface area contributed by atoms with Gasteiger partial charge in [0.2, 0.25) is 0 Å². The van der Waals surface area contributed by atoms with Crippen LogP contribution < -0.4 is 10.6 Å². The van der Waals surface area contributed by atoms with Crippen LogP contribution in [0.2, 0.25) is 0 Å². The summed E-state index contributed by atoms with van der Waals surface area (Å²) in [5.41, 5.74) is -0.503. The molecule has 2 amide bonds. The molecule has 1 fully saturated rings. The van der Waals surface area contributed by atoms with Crippen molar-refractivity contribution in [2.24, 2.45) is 11.3 Å². The zero-order chi connectivity index (χ0) is 24.5. The van der Waals surface area contributed by atoms with Gasteiger partial charge in [-0.15, -0.1) is 0 Å².